The number of benzene rings is 2. The maximum Gasteiger partial charge on any atom is 0.262 e. The van der Waals surface area contributed by atoms with Crippen molar-refractivity contribution < 1.29 is 4.79 Å². The number of aromatic nitrogens is 2. The molecule has 4 nitrogen and oxygen atoms in total. The van der Waals surface area contributed by atoms with Crippen LogP contribution in [-0.2, 0) is 11.3 Å². The molecule has 0 spiro atoms. The van der Waals surface area contributed by atoms with Crippen LogP contribution in [0, 0.1) is 6.92 Å². The van der Waals surface area contributed by atoms with E-state index in [4.69, 9.17) is 4.98 Å². The standard InChI is InChI=1S/C22H22N2O2S/c1-15-10-12-16(13-11-15)14-24-21(26)17-6-2-3-7-18(17)23-22(24)27-20-9-5-4-8-19(20)25/h2-3,6-7,10-13,20H,4-5,8-9,14H2,1H3/t20-/m0/s1. The van der Waals surface area contributed by atoms with Gasteiger partial charge >= 0.3 is 0 Å². The van der Waals surface area contributed by atoms with E-state index in [-0.39, 0.29) is 16.6 Å². The zero-order valence-electron chi connectivity index (χ0n) is 15.4. The Kier molecular flexibility index (Phi) is 5.12. The second-order valence-corrected chi connectivity index (χ2v) is 8.28. The van der Waals surface area contributed by atoms with E-state index in [0.717, 1.165) is 24.8 Å². The molecule has 3 aromatic rings. The molecule has 1 aliphatic rings. The maximum absolute atomic E-state index is 13.2. The van der Waals surface area contributed by atoms with Crippen LogP contribution in [0.2, 0.25) is 0 Å². The number of hydrogen-bond acceptors (Lipinski definition) is 4. The fourth-order valence-corrected chi connectivity index (χ4v) is 4.67. The summed E-state index contributed by atoms with van der Waals surface area (Å²) in [4.78, 5) is 30.2. The summed E-state index contributed by atoms with van der Waals surface area (Å²) >= 11 is 1.45. The van der Waals surface area contributed by atoms with Crippen LogP contribution in [0.25, 0.3) is 10.9 Å². The molecular formula is C22H22N2O2S. The number of fused-ring (bicyclic) bond motifs is 1. The van der Waals surface area contributed by atoms with E-state index in [9.17, 15) is 9.59 Å². The second kappa shape index (κ2) is 7.69. The number of aryl methyl sites for hydroxylation is 1. The minimum atomic E-state index is -0.101. The lowest BCUT2D eigenvalue weighted by molar-refractivity contribution is -0.119. The molecule has 1 aliphatic carbocycles. The summed E-state index contributed by atoms with van der Waals surface area (Å²) in [6.07, 6.45) is 3.51. The van der Waals surface area contributed by atoms with Crippen molar-refractivity contribution in [1.29, 1.82) is 0 Å². The Balaban J connectivity index is 1.78. The van der Waals surface area contributed by atoms with Crippen molar-refractivity contribution in [2.45, 2.75) is 49.6 Å². The first-order valence-corrected chi connectivity index (χ1v) is 10.2. The van der Waals surface area contributed by atoms with Gasteiger partial charge in [-0.3, -0.25) is 14.2 Å². The maximum atomic E-state index is 13.2. The highest BCUT2D eigenvalue weighted by molar-refractivity contribution is 8.00. The lowest BCUT2D eigenvalue weighted by atomic mass is 9.99. The molecule has 1 heterocycles. The highest BCUT2D eigenvalue weighted by atomic mass is 32.2. The lowest BCUT2D eigenvalue weighted by Crippen LogP contribution is -2.27. The van der Waals surface area contributed by atoms with Gasteiger partial charge in [-0.1, -0.05) is 60.1 Å². The van der Waals surface area contributed by atoms with Gasteiger partial charge in [0.05, 0.1) is 22.7 Å². The summed E-state index contributed by atoms with van der Waals surface area (Å²) in [6.45, 7) is 2.50. The Morgan fingerprint density at radius 3 is 2.63 bits per heavy atom. The fourth-order valence-electron chi connectivity index (χ4n) is 3.46. The van der Waals surface area contributed by atoms with Gasteiger partial charge in [-0.2, -0.15) is 0 Å². The minimum Gasteiger partial charge on any atom is -0.298 e. The number of hydrogen-bond donors (Lipinski definition) is 0. The summed E-state index contributed by atoms with van der Waals surface area (Å²) in [6, 6.07) is 15.6. The number of para-hydroxylation sites is 1. The van der Waals surface area contributed by atoms with Crippen LogP contribution >= 0.6 is 11.8 Å². The van der Waals surface area contributed by atoms with Gasteiger partial charge in [0.25, 0.3) is 5.56 Å². The Bertz CT molecular complexity index is 1040. The molecule has 0 N–H and O–H groups in total. The van der Waals surface area contributed by atoms with Crippen LogP contribution in [0.3, 0.4) is 0 Å². The van der Waals surface area contributed by atoms with Crippen LogP contribution in [0.1, 0.15) is 36.8 Å². The van der Waals surface area contributed by atoms with E-state index < -0.39 is 0 Å². The number of carbonyl (C=O) groups is 1. The van der Waals surface area contributed by atoms with Crippen molar-refractivity contribution in [1.82, 2.24) is 9.55 Å². The monoisotopic (exact) mass is 378 g/mol. The molecule has 1 atom stereocenters. The van der Waals surface area contributed by atoms with Crippen molar-refractivity contribution in [2.75, 3.05) is 0 Å². The molecule has 2 aromatic carbocycles. The molecule has 0 radical (unpaired) electrons. The van der Waals surface area contributed by atoms with Crippen molar-refractivity contribution in [3.63, 3.8) is 0 Å². The summed E-state index contributed by atoms with van der Waals surface area (Å²) < 4.78 is 1.72. The average molecular weight is 378 g/mol. The van der Waals surface area contributed by atoms with Gasteiger partial charge in [0.2, 0.25) is 0 Å². The molecule has 0 bridgehead atoms. The first-order valence-electron chi connectivity index (χ1n) is 9.36. The fraction of sp³-hybridized carbons (Fsp3) is 0.318. The van der Waals surface area contributed by atoms with Gasteiger partial charge in [-0.05, 0) is 37.5 Å². The molecule has 1 saturated carbocycles. The van der Waals surface area contributed by atoms with Crippen molar-refractivity contribution in [3.8, 4) is 0 Å². The zero-order chi connectivity index (χ0) is 18.8. The number of nitrogens with zero attached hydrogens (tertiary/aromatic N) is 2. The van der Waals surface area contributed by atoms with Gasteiger partial charge in [-0.25, -0.2) is 4.98 Å². The van der Waals surface area contributed by atoms with Gasteiger partial charge in [0, 0.05) is 6.42 Å². The van der Waals surface area contributed by atoms with Crippen molar-refractivity contribution >= 4 is 28.4 Å². The Labute approximate surface area is 162 Å². The van der Waals surface area contributed by atoms with E-state index >= 15 is 0 Å². The van der Waals surface area contributed by atoms with Crippen LogP contribution in [0.5, 0.6) is 0 Å². The SMILES string of the molecule is Cc1ccc(Cn2c(S[C@H]3CCCCC3=O)nc3ccccc3c2=O)cc1. The number of thioether (sulfide) groups is 1. The smallest absolute Gasteiger partial charge is 0.262 e. The molecule has 138 valence electrons. The lowest BCUT2D eigenvalue weighted by Gasteiger charge is -2.21. The van der Waals surface area contributed by atoms with Gasteiger partial charge in [0.15, 0.2) is 5.16 Å². The molecule has 1 aromatic heterocycles. The summed E-state index contributed by atoms with van der Waals surface area (Å²) in [5.74, 6) is 0.274. The Hall–Kier alpha value is -2.40. The molecule has 5 heteroatoms. The molecule has 0 aliphatic heterocycles. The Morgan fingerprint density at radius 1 is 1.07 bits per heavy atom. The van der Waals surface area contributed by atoms with Crippen molar-refractivity contribution in [3.05, 3.63) is 70.0 Å². The first-order chi connectivity index (χ1) is 13.1. The highest BCUT2D eigenvalue weighted by Gasteiger charge is 2.25. The number of rotatable bonds is 4. The van der Waals surface area contributed by atoms with E-state index in [0.29, 0.717) is 29.0 Å². The molecule has 27 heavy (non-hydrogen) atoms. The summed E-state index contributed by atoms with van der Waals surface area (Å²) in [7, 11) is 0. The van der Waals surface area contributed by atoms with Crippen LogP contribution in [0.4, 0.5) is 0 Å². The topological polar surface area (TPSA) is 52.0 Å². The predicted octanol–water partition coefficient (Wildman–Crippen LogP) is 4.36. The van der Waals surface area contributed by atoms with E-state index in [2.05, 4.69) is 0 Å². The van der Waals surface area contributed by atoms with Crippen LogP contribution in [0.15, 0.2) is 58.5 Å². The summed E-state index contributed by atoms with van der Waals surface area (Å²) in [5.41, 5.74) is 2.88. The van der Waals surface area contributed by atoms with Gasteiger partial charge < -0.3 is 0 Å². The molecule has 0 amide bonds. The van der Waals surface area contributed by atoms with Gasteiger partial charge in [-0.15, -0.1) is 0 Å². The van der Waals surface area contributed by atoms with E-state index in [1.165, 1.54) is 17.3 Å². The molecule has 0 saturated heterocycles. The van der Waals surface area contributed by atoms with Crippen LogP contribution in [-0.4, -0.2) is 20.6 Å². The minimum absolute atomic E-state index is 0.0491. The van der Waals surface area contributed by atoms with Crippen molar-refractivity contribution in [2.24, 2.45) is 0 Å². The summed E-state index contributed by atoms with van der Waals surface area (Å²) in [5, 5.41) is 1.15. The normalized spacial score (nSPS) is 17.4. The number of Topliss-reactive ketones (excluding diaryl/α,β-unsaturated/α-hetero) is 1. The quantitative estimate of drug-likeness (QED) is 0.633. The predicted molar refractivity (Wildman–Crippen MR) is 109 cm³/mol. The third kappa shape index (κ3) is 3.83. The molecule has 1 fully saturated rings. The number of carbonyl (C=O) groups excluding carboxylic acids is 1. The molecule has 4 rings (SSSR count). The number of ketones is 1. The largest absolute Gasteiger partial charge is 0.298 e. The molecule has 0 unspecified atom stereocenters. The third-order valence-corrected chi connectivity index (χ3v) is 6.34. The van der Waals surface area contributed by atoms with Gasteiger partial charge in [0.1, 0.15) is 5.78 Å². The van der Waals surface area contributed by atoms with E-state index in [1.54, 1.807) is 4.57 Å². The molecular weight excluding hydrogens is 356 g/mol. The second-order valence-electron chi connectivity index (χ2n) is 7.11. The first kappa shape index (κ1) is 18.0. The Morgan fingerprint density at radius 2 is 1.85 bits per heavy atom. The highest BCUT2D eigenvalue weighted by Crippen LogP contribution is 2.31. The third-order valence-electron chi connectivity index (χ3n) is 5.03. The van der Waals surface area contributed by atoms with Crippen LogP contribution < -0.4 is 5.56 Å². The zero-order valence-corrected chi connectivity index (χ0v) is 16.2. The van der Waals surface area contributed by atoms with E-state index in [1.807, 2.05) is 55.5 Å². The average Bonchev–Trinajstić information content (AvgIpc) is 2.68.